The third-order valence-corrected chi connectivity index (χ3v) is 5.41. The lowest BCUT2D eigenvalue weighted by molar-refractivity contribution is -0.124. The van der Waals surface area contributed by atoms with Crippen molar-refractivity contribution in [2.75, 3.05) is 18.5 Å². The third-order valence-electron chi connectivity index (χ3n) is 5.41. The van der Waals surface area contributed by atoms with Crippen molar-refractivity contribution in [1.29, 1.82) is 5.26 Å². The molecule has 39 heavy (non-hydrogen) atoms. The Morgan fingerprint density at radius 1 is 1.00 bits per heavy atom. The minimum Gasteiger partial charge on any atom is -0.491 e. The summed E-state index contributed by atoms with van der Waals surface area (Å²) in [6, 6.07) is 24.3. The number of hydroxylamine groups is 1. The summed E-state index contributed by atoms with van der Waals surface area (Å²) in [6.07, 6.45) is 1.10. The Morgan fingerprint density at radius 3 is 2.44 bits per heavy atom. The van der Waals surface area contributed by atoms with Crippen LogP contribution in [0.15, 0.2) is 91.0 Å². The van der Waals surface area contributed by atoms with E-state index in [1.54, 1.807) is 66.7 Å². The lowest BCUT2D eigenvalue weighted by Gasteiger charge is -2.28. The first-order valence-electron chi connectivity index (χ1n) is 12.2. The molecule has 0 aliphatic rings. The quantitative estimate of drug-likeness (QED) is 0.143. The SMILES string of the molecule is N#Cc1ccc(NC(=O)O[C@@H](c2cccc(OCCO)c2)[C@H](CC/C=C/C(=O)NO)Oc2ccccc2)cc1. The monoisotopic (exact) mass is 531 g/mol. The van der Waals surface area contributed by atoms with Gasteiger partial charge in [0.1, 0.15) is 24.2 Å². The number of para-hydroxylation sites is 1. The number of rotatable bonds is 13. The van der Waals surface area contributed by atoms with Gasteiger partial charge in [0.2, 0.25) is 0 Å². The van der Waals surface area contributed by atoms with Crippen LogP contribution in [0, 0.1) is 11.3 Å². The van der Waals surface area contributed by atoms with Crippen LogP contribution >= 0.6 is 0 Å². The molecule has 0 heterocycles. The molecular formula is C29H29N3O7. The van der Waals surface area contributed by atoms with Crippen LogP contribution in [0.5, 0.6) is 11.5 Å². The molecule has 0 unspecified atom stereocenters. The first-order chi connectivity index (χ1) is 19.0. The number of aliphatic hydroxyl groups is 1. The van der Waals surface area contributed by atoms with Crippen LogP contribution in [0.4, 0.5) is 10.5 Å². The zero-order chi connectivity index (χ0) is 27.9. The van der Waals surface area contributed by atoms with Crippen LogP contribution in [-0.2, 0) is 9.53 Å². The van der Waals surface area contributed by atoms with E-state index >= 15 is 0 Å². The molecule has 0 fully saturated rings. The predicted octanol–water partition coefficient (Wildman–Crippen LogP) is 4.51. The number of hydrogen-bond acceptors (Lipinski definition) is 8. The maximum Gasteiger partial charge on any atom is 0.412 e. The molecule has 0 spiro atoms. The van der Waals surface area contributed by atoms with Crippen molar-refractivity contribution in [3.8, 4) is 17.6 Å². The molecule has 202 valence electrons. The molecule has 0 bridgehead atoms. The third kappa shape index (κ3) is 9.51. The van der Waals surface area contributed by atoms with E-state index in [-0.39, 0.29) is 13.2 Å². The van der Waals surface area contributed by atoms with Crippen LogP contribution in [0.25, 0.3) is 0 Å². The second-order valence-corrected chi connectivity index (χ2v) is 8.21. The predicted molar refractivity (Wildman–Crippen MR) is 142 cm³/mol. The standard InChI is InChI=1S/C29H29N3O7/c30-20-21-13-15-23(16-14-21)31-29(35)39-28(22-7-6-10-25(19-22)37-18-17-33)26(11-4-5-12-27(34)32-36)38-24-8-2-1-3-9-24/h1-3,5-10,12-16,19,26,28,33,36H,4,11,17-18H2,(H,31,35)(H,32,34)/b12-5+/t26-,28-/m0/s1. The zero-order valence-electron chi connectivity index (χ0n) is 21.0. The number of allylic oxidation sites excluding steroid dienone is 1. The highest BCUT2D eigenvalue weighted by Crippen LogP contribution is 2.31. The Morgan fingerprint density at radius 2 is 1.74 bits per heavy atom. The summed E-state index contributed by atoms with van der Waals surface area (Å²) in [7, 11) is 0. The number of anilines is 1. The Labute approximate surface area is 226 Å². The molecule has 3 aromatic carbocycles. The molecule has 2 atom stereocenters. The number of nitrogens with zero attached hydrogens (tertiary/aromatic N) is 1. The number of nitrogens with one attached hydrogen (secondary N) is 2. The number of ether oxygens (including phenoxy) is 3. The summed E-state index contributed by atoms with van der Waals surface area (Å²) in [5, 5.41) is 29.5. The Bertz CT molecular complexity index is 1270. The summed E-state index contributed by atoms with van der Waals surface area (Å²) < 4.78 is 17.7. The number of aliphatic hydroxyl groups excluding tert-OH is 1. The number of benzene rings is 3. The van der Waals surface area contributed by atoms with Gasteiger partial charge in [0.15, 0.2) is 6.10 Å². The lowest BCUT2D eigenvalue weighted by atomic mass is 9.99. The fraction of sp³-hybridized carbons (Fsp3) is 0.207. The second-order valence-electron chi connectivity index (χ2n) is 8.21. The summed E-state index contributed by atoms with van der Waals surface area (Å²) >= 11 is 0. The Kier molecular flexibility index (Phi) is 11.3. The maximum atomic E-state index is 13.0. The number of hydrogen-bond donors (Lipinski definition) is 4. The average molecular weight is 532 g/mol. The molecule has 3 rings (SSSR count). The molecule has 0 aliphatic carbocycles. The normalized spacial score (nSPS) is 12.1. The summed E-state index contributed by atoms with van der Waals surface area (Å²) in [5.41, 5.74) is 3.01. The highest BCUT2D eigenvalue weighted by molar-refractivity contribution is 5.86. The average Bonchev–Trinajstić information content (AvgIpc) is 2.97. The summed E-state index contributed by atoms with van der Waals surface area (Å²) in [4.78, 5) is 24.4. The number of carbonyl (C=O) groups excluding carboxylic acids is 2. The highest BCUT2D eigenvalue weighted by atomic mass is 16.6. The van der Waals surface area contributed by atoms with Crippen molar-refractivity contribution in [2.24, 2.45) is 0 Å². The molecule has 4 N–H and O–H groups in total. The van der Waals surface area contributed by atoms with E-state index < -0.39 is 24.2 Å². The first kappa shape index (κ1) is 28.7. The van der Waals surface area contributed by atoms with E-state index in [2.05, 4.69) is 5.32 Å². The van der Waals surface area contributed by atoms with E-state index in [4.69, 9.17) is 29.8 Å². The molecule has 0 aromatic heterocycles. The van der Waals surface area contributed by atoms with Crippen molar-refractivity contribution >= 4 is 17.7 Å². The lowest BCUT2D eigenvalue weighted by Crippen LogP contribution is -2.31. The smallest absolute Gasteiger partial charge is 0.412 e. The minimum absolute atomic E-state index is 0.0931. The summed E-state index contributed by atoms with van der Waals surface area (Å²) in [6.45, 7) is -0.0690. The molecule has 2 amide bonds. The fourth-order valence-electron chi connectivity index (χ4n) is 3.63. The number of amides is 2. The van der Waals surface area contributed by atoms with Gasteiger partial charge >= 0.3 is 6.09 Å². The molecule has 0 saturated carbocycles. The molecule has 0 saturated heterocycles. The van der Waals surface area contributed by atoms with Crippen LogP contribution in [0.2, 0.25) is 0 Å². The van der Waals surface area contributed by atoms with Gasteiger partial charge in [-0.15, -0.1) is 0 Å². The van der Waals surface area contributed by atoms with Gasteiger partial charge in [-0.25, -0.2) is 10.3 Å². The number of carbonyl (C=O) groups is 2. The molecule has 10 heteroatoms. The molecule has 10 nitrogen and oxygen atoms in total. The Balaban J connectivity index is 1.90. The van der Waals surface area contributed by atoms with Gasteiger partial charge in [-0.2, -0.15) is 5.26 Å². The topological polar surface area (TPSA) is 150 Å². The van der Waals surface area contributed by atoms with Crippen molar-refractivity contribution in [3.63, 3.8) is 0 Å². The minimum atomic E-state index is -0.915. The van der Waals surface area contributed by atoms with Crippen LogP contribution in [-0.4, -0.2) is 41.6 Å². The van der Waals surface area contributed by atoms with Gasteiger partial charge in [0.25, 0.3) is 5.91 Å². The van der Waals surface area contributed by atoms with E-state index in [0.29, 0.717) is 41.2 Å². The van der Waals surface area contributed by atoms with E-state index in [9.17, 15) is 9.59 Å². The van der Waals surface area contributed by atoms with Crippen molar-refractivity contribution in [1.82, 2.24) is 5.48 Å². The van der Waals surface area contributed by atoms with Crippen LogP contribution < -0.4 is 20.3 Å². The second kappa shape index (κ2) is 15.4. The van der Waals surface area contributed by atoms with Crippen molar-refractivity contribution < 1.29 is 34.1 Å². The molecular weight excluding hydrogens is 502 g/mol. The van der Waals surface area contributed by atoms with Gasteiger partial charge in [-0.05, 0) is 66.9 Å². The first-order valence-corrected chi connectivity index (χ1v) is 12.2. The van der Waals surface area contributed by atoms with Crippen molar-refractivity contribution in [3.05, 3.63) is 102 Å². The van der Waals surface area contributed by atoms with E-state index in [0.717, 1.165) is 0 Å². The van der Waals surface area contributed by atoms with Crippen molar-refractivity contribution in [2.45, 2.75) is 25.0 Å². The van der Waals surface area contributed by atoms with Gasteiger partial charge in [0.05, 0.1) is 18.2 Å². The van der Waals surface area contributed by atoms with E-state index in [1.165, 1.54) is 11.6 Å². The van der Waals surface area contributed by atoms with Gasteiger partial charge < -0.3 is 19.3 Å². The number of nitriles is 1. The highest BCUT2D eigenvalue weighted by Gasteiger charge is 2.29. The molecule has 3 aromatic rings. The molecule has 0 radical (unpaired) electrons. The summed E-state index contributed by atoms with van der Waals surface area (Å²) in [5.74, 6) is 0.354. The Hall–Kier alpha value is -4.85. The van der Waals surface area contributed by atoms with Crippen LogP contribution in [0.3, 0.4) is 0 Å². The van der Waals surface area contributed by atoms with Gasteiger partial charge in [0, 0.05) is 11.8 Å². The van der Waals surface area contributed by atoms with Gasteiger partial charge in [-0.3, -0.25) is 15.3 Å². The van der Waals surface area contributed by atoms with Gasteiger partial charge in [-0.1, -0.05) is 36.4 Å². The fourth-order valence-corrected chi connectivity index (χ4v) is 3.63. The molecule has 0 aliphatic heterocycles. The van der Waals surface area contributed by atoms with E-state index in [1.807, 2.05) is 24.3 Å². The largest absolute Gasteiger partial charge is 0.491 e. The van der Waals surface area contributed by atoms with Crippen LogP contribution in [0.1, 0.15) is 30.1 Å². The maximum absolute atomic E-state index is 13.0. The zero-order valence-corrected chi connectivity index (χ0v) is 21.0.